The van der Waals surface area contributed by atoms with Gasteiger partial charge in [-0.05, 0) is 61.6 Å². The molecule has 2 atom stereocenters. The van der Waals surface area contributed by atoms with Gasteiger partial charge in [0.05, 0.1) is 29.3 Å². The number of nitrogens with zero attached hydrogens (tertiary/aromatic N) is 2. The molecule has 0 bridgehead atoms. The quantitative estimate of drug-likeness (QED) is 0.385. The molecule has 1 saturated heterocycles. The second kappa shape index (κ2) is 8.64. The number of hydrogen-bond acceptors (Lipinski definition) is 5. The van der Waals surface area contributed by atoms with Gasteiger partial charge in [0.2, 0.25) is 5.76 Å². The fourth-order valence-electron chi connectivity index (χ4n) is 6.41. The number of ether oxygens (including phenoxy) is 1. The van der Waals surface area contributed by atoms with Crippen LogP contribution < -0.4 is 10.3 Å². The minimum Gasteiger partial charge on any atom is -0.450 e. The van der Waals surface area contributed by atoms with E-state index in [-0.39, 0.29) is 35.3 Å². The first kappa shape index (κ1) is 23.9. The van der Waals surface area contributed by atoms with Gasteiger partial charge in [-0.25, -0.2) is 0 Å². The molecular formula is C32H28N2O5. The number of hydrogen-bond donors (Lipinski definition) is 0. The first-order chi connectivity index (χ1) is 18.9. The minimum absolute atomic E-state index is 0.0570. The summed E-state index contributed by atoms with van der Waals surface area (Å²) in [7, 11) is 0. The standard InChI is InChI=1S/C32H28N2O5/c1-19-15-23-26(16-20(19)2)39-29-27(28(23)35)32(34(30(29)36)18-22-11-8-14-38-22)24-12-6-7-13-25(24)33(31(32)37)17-21-9-4-3-5-10-21/h3-7,9-10,12-13,15-16,22H,8,11,14,17-18H2,1-2H3. The third kappa shape index (κ3) is 3.29. The molecular weight excluding hydrogens is 492 g/mol. The molecule has 7 nitrogen and oxygen atoms in total. The van der Waals surface area contributed by atoms with Crippen LogP contribution in [-0.4, -0.2) is 36.0 Å². The summed E-state index contributed by atoms with van der Waals surface area (Å²) in [5, 5.41) is 0.370. The fraction of sp³-hybridized carbons (Fsp3) is 0.281. The summed E-state index contributed by atoms with van der Waals surface area (Å²) in [6.07, 6.45) is 1.44. The van der Waals surface area contributed by atoms with Crippen LogP contribution in [-0.2, 0) is 21.6 Å². The Labute approximate surface area is 225 Å². The number of para-hydroxylation sites is 1. The molecule has 39 heavy (non-hydrogen) atoms. The van der Waals surface area contributed by atoms with Crippen LogP contribution in [0.25, 0.3) is 11.0 Å². The zero-order valence-electron chi connectivity index (χ0n) is 21.9. The third-order valence-corrected chi connectivity index (χ3v) is 8.45. The summed E-state index contributed by atoms with van der Waals surface area (Å²) in [6.45, 7) is 4.98. The summed E-state index contributed by atoms with van der Waals surface area (Å²) < 4.78 is 12.2. The smallest absolute Gasteiger partial charge is 0.291 e. The summed E-state index contributed by atoms with van der Waals surface area (Å²) in [5.41, 5.74) is 2.63. The molecule has 2 unspecified atom stereocenters. The van der Waals surface area contributed by atoms with Crippen molar-refractivity contribution < 1.29 is 18.7 Å². The number of anilines is 1. The van der Waals surface area contributed by atoms with E-state index in [1.165, 1.54) is 0 Å². The second-order valence-electron chi connectivity index (χ2n) is 10.7. The predicted molar refractivity (Wildman–Crippen MR) is 147 cm³/mol. The van der Waals surface area contributed by atoms with E-state index in [2.05, 4.69) is 0 Å². The van der Waals surface area contributed by atoms with Crippen molar-refractivity contribution in [1.82, 2.24) is 4.90 Å². The Balaban J connectivity index is 1.51. The molecule has 0 N–H and O–H groups in total. The number of carbonyl (C=O) groups excluding carboxylic acids is 2. The first-order valence-corrected chi connectivity index (χ1v) is 13.4. The summed E-state index contributed by atoms with van der Waals surface area (Å²) in [5.74, 6) is -0.839. The lowest BCUT2D eigenvalue weighted by molar-refractivity contribution is -0.126. The van der Waals surface area contributed by atoms with Gasteiger partial charge in [0.15, 0.2) is 11.0 Å². The number of carbonyl (C=O) groups is 2. The van der Waals surface area contributed by atoms with E-state index in [1.807, 2.05) is 68.4 Å². The Morgan fingerprint density at radius 3 is 2.46 bits per heavy atom. The van der Waals surface area contributed by atoms with Crippen molar-refractivity contribution in [3.63, 3.8) is 0 Å². The van der Waals surface area contributed by atoms with Gasteiger partial charge >= 0.3 is 0 Å². The Bertz CT molecular complexity index is 1720. The molecule has 4 aromatic rings. The van der Waals surface area contributed by atoms with Gasteiger partial charge in [-0.15, -0.1) is 0 Å². The molecule has 196 valence electrons. The van der Waals surface area contributed by atoms with Crippen LogP contribution in [0.15, 0.2) is 75.9 Å². The van der Waals surface area contributed by atoms with Gasteiger partial charge in [0.1, 0.15) is 5.58 Å². The van der Waals surface area contributed by atoms with Crippen molar-refractivity contribution in [1.29, 1.82) is 0 Å². The maximum absolute atomic E-state index is 14.8. The highest BCUT2D eigenvalue weighted by Crippen LogP contribution is 2.53. The second-order valence-corrected chi connectivity index (χ2v) is 10.7. The van der Waals surface area contributed by atoms with Crippen LogP contribution in [0.3, 0.4) is 0 Å². The van der Waals surface area contributed by atoms with Crippen LogP contribution in [0, 0.1) is 13.8 Å². The van der Waals surface area contributed by atoms with Crippen molar-refractivity contribution in [2.45, 2.75) is 44.9 Å². The molecule has 7 rings (SSSR count). The monoisotopic (exact) mass is 520 g/mol. The molecule has 0 aliphatic carbocycles. The van der Waals surface area contributed by atoms with E-state index in [9.17, 15) is 14.4 Å². The molecule has 3 aromatic carbocycles. The van der Waals surface area contributed by atoms with E-state index in [1.54, 1.807) is 21.9 Å². The van der Waals surface area contributed by atoms with Crippen LogP contribution in [0.4, 0.5) is 5.69 Å². The van der Waals surface area contributed by atoms with Crippen LogP contribution in [0.2, 0.25) is 0 Å². The predicted octanol–water partition coefficient (Wildman–Crippen LogP) is 4.84. The zero-order chi connectivity index (χ0) is 26.9. The lowest BCUT2D eigenvalue weighted by Gasteiger charge is -2.35. The van der Waals surface area contributed by atoms with Gasteiger partial charge in [-0.1, -0.05) is 48.5 Å². The molecule has 1 fully saturated rings. The van der Waals surface area contributed by atoms with Crippen molar-refractivity contribution in [3.8, 4) is 0 Å². The van der Waals surface area contributed by atoms with E-state index in [0.717, 1.165) is 29.5 Å². The number of amides is 2. The van der Waals surface area contributed by atoms with E-state index >= 15 is 0 Å². The SMILES string of the molecule is Cc1cc2oc3c(c(=O)c2cc1C)C1(C(=O)N(Cc2ccccc2)c2ccccc21)N(CC1CCCO1)C3=O. The minimum atomic E-state index is -1.63. The van der Waals surface area contributed by atoms with Gasteiger partial charge in [-0.3, -0.25) is 14.4 Å². The highest BCUT2D eigenvalue weighted by Gasteiger charge is 2.65. The number of rotatable bonds is 4. The fourth-order valence-corrected chi connectivity index (χ4v) is 6.41. The Morgan fingerprint density at radius 2 is 1.69 bits per heavy atom. The van der Waals surface area contributed by atoms with Crippen molar-refractivity contribution >= 4 is 28.5 Å². The van der Waals surface area contributed by atoms with Crippen molar-refractivity contribution in [2.75, 3.05) is 18.1 Å². The van der Waals surface area contributed by atoms with Crippen molar-refractivity contribution in [3.05, 3.63) is 111 Å². The number of benzene rings is 3. The average molecular weight is 521 g/mol. The Morgan fingerprint density at radius 1 is 0.949 bits per heavy atom. The van der Waals surface area contributed by atoms with Gasteiger partial charge < -0.3 is 19.0 Å². The summed E-state index contributed by atoms with van der Waals surface area (Å²) in [4.78, 5) is 46.6. The lowest BCUT2D eigenvalue weighted by Crippen LogP contribution is -2.55. The average Bonchev–Trinajstić information content (AvgIpc) is 3.61. The van der Waals surface area contributed by atoms with Crippen LogP contribution >= 0.6 is 0 Å². The molecule has 0 saturated carbocycles. The van der Waals surface area contributed by atoms with Gasteiger partial charge in [-0.2, -0.15) is 0 Å². The maximum Gasteiger partial charge on any atom is 0.291 e. The highest BCUT2D eigenvalue weighted by atomic mass is 16.5. The highest BCUT2D eigenvalue weighted by molar-refractivity contribution is 6.17. The van der Waals surface area contributed by atoms with Gasteiger partial charge in [0.25, 0.3) is 11.8 Å². The topological polar surface area (TPSA) is 80.1 Å². The molecule has 1 spiro atoms. The van der Waals surface area contributed by atoms with E-state index < -0.39 is 11.4 Å². The van der Waals surface area contributed by atoms with Crippen LogP contribution in [0.1, 0.15) is 51.2 Å². The largest absolute Gasteiger partial charge is 0.450 e. The molecule has 0 radical (unpaired) electrons. The Kier molecular flexibility index (Phi) is 5.29. The Hall–Kier alpha value is -4.23. The molecule has 7 heteroatoms. The zero-order valence-corrected chi connectivity index (χ0v) is 21.9. The van der Waals surface area contributed by atoms with E-state index in [0.29, 0.717) is 35.4 Å². The summed E-state index contributed by atoms with van der Waals surface area (Å²) >= 11 is 0. The maximum atomic E-state index is 14.8. The number of aryl methyl sites for hydroxylation is 2. The molecule has 2 amide bonds. The normalized spacial score (nSPS) is 21.8. The molecule has 4 heterocycles. The molecule has 1 aromatic heterocycles. The first-order valence-electron chi connectivity index (χ1n) is 13.4. The third-order valence-electron chi connectivity index (χ3n) is 8.45. The molecule has 3 aliphatic heterocycles. The van der Waals surface area contributed by atoms with E-state index in [4.69, 9.17) is 9.15 Å². The lowest BCUT2D eigenvalue weighted by atomic mass is 9.83. The molecule has 3 aliphatic rings. The van der Waals surface area contributed by atoms with Gasteiger partial charge in [0, 0.05) is 18.7 Å². The van der Waals surface area contributed by atoms with Crippen molar-refractivity contribution in [2.24, 2.45) is 0 Å². The number of fused-ring (bicyclic) bond motifs is 5. The van der Waals surface area contributed by atoms with Crippen LogP contribution in [0.5, 0.6) is 0 Å². The summed E-state index contributed by atoms with van der Waals surface area (Å²) in [6, 6.07) is 20.8.